The van der Waals surface area contributed by atoms with Gasteiger partial charge >= 0.3 is 5.97 Å². The second-order valence-electron chi connectivity index (χ2n) is 5.39. The summed E-state index contributed by atoms with van der Waals surface area (Å²) in [6.07, 6.45) is 0.536. The molecule has 3 rings (SSSR count). The zero-order valence-electron chi connectivity index (χ0n) is 12.6. The van der Waals surface area contributed by atoms with Crippen LogP contribution in [0.3, 0.4) is 0 Å². The molecule has 1 aromatic heterocycles. The average molecular weight is 307 g/mol. The van der Waals surface area contributed by atoms with Crippen LogP contribution < -0.4 is 5.49 Å². The SMILES string of the molecule is N=c1ccc(-c2ccc3ccccc3c2)nn1CCCC(=O)O. The minimum absolute atomic E-state index is 0.0777. The molecule has 0 amide bonds. The van der Waals surface area contributed by atoms with E-state index in [4.69, 9.17) is 10.5 Å². The molecular weight excluding hydrogens is 290 g/mol. The van der Waals surface area contributed by atoms with Gasteiger partial charge in [-0.2, -0.15) is 5.10 Å². The smallest absolute Gasteiger partial charge is 0.303 e. The van der Waals surface area contributed by atoms with E-state index >= 15 is 0 Å². The van der Waals surface area contributed by atoms with E-state index in [1.807, 2.05) is 24.3 Å². The van der Waals surface area contributed by atoms with Crippen molar-refractivity contribution in [2.75, 3.05) is 0 Å². The van der Waals surface area contributed by atoms with E-state index in [0.717, 1.165) is 16.6 Å². The van der Waals surface area contributed by atoms with Crippen molar-refractivity contribution in [3.05, 3.63) is 60.1 Å². The number of rotatable bonds is 5. The van der Waals surface area contributed by atoms with Crippen LogP contribution in [0.1, 0.15) is 12.8 Å². The van der Waals surface area contributed by atoms with E-state index in [1.165, 1.54) is 5.39 Å². The quantitative estimate of drug-likeness (QED) is 0.760. The Bertz CT molecular complexity index is 915. The number of carbonyl (C=O) groups is 1. The highest BCUT2D eigenvalue weighted by Gasteiger charge is 2.04. The fourth-order valence-corrected chi connectivity index (χ4v) is 2.51. The maximum absolute atomic E-state index is 10.6. The Morgan fingerprint density at radius 3 is 2.65 bits per heavy atom. The molecule has 0 fully saturated rings. The van der Waals surface area contributed by atoms with Crippen LogP contribution in [0, 0.1) is 5.41 Å². The first-order valence-corrected chi connectivity index (χ1v) is 7.47. The lowest BCUT2D eigenvalue weighted by Gasteiger charge is -2.08. The Balaban J connectivity index is 1.92. The van der Waals surface area contributed by atoms with E-state index in [9.17, 15) is 4.79 Å². The Morgan fingerprint density at radius 2 is 1.87 bits per heavy atom. The van der Waals surface area contributed by atoms with Crippen molar-refractivity contribution in [1.82, 2.24) is 9.78 Å². The zero-order valence-corrected chi connectivity index (χ0v) is 12.6. The molecule has 0 unspecified atom stereocenters. The number of carboxylic acids is 1. The molecular formula is C18H17N3O2. The van der Waals surface area contributed by atoms with Gasteiger partial charge < -0.3 is 5.11 Å². The summed E-state index contributed by atoms with van der Waals surface area (Å²) in [6.45, 7) is 0.423. The van der Waals surface area contributed by atoms with Gasteiger partial charge in [0.15, 0.2) is 0 Å². The molecule has 5 nitrogen and oxygen atoms in total. The summed E-state index contributed by atoms with van der Waals surface area (Å²) >= 11 is 0. The monoisotopic (exact) mass is 307 g/mol. The molecule has 23 heavy (non-hydrogen) atoms. The number of hydrogen-bond acceptors (Lipinski definition) is 3. The van der Waals surface area contributed by atoms with Crippen molar-refractivity contribution in [3.8, 4) is 11.3 Å². The van der Waals surface area contributed by atoms with Crippen molar-refractivity contribution in [3.63, 3.8) is 0 Å². The highest BCUT2D eigenvalue weighted by atomic mass is 16.4. The van der Waals surface area contributed by atoms with Crippen LogP contribution in [0.25, 0.3) is 22.0 Å². The van der Waals surface area contributed by atoms with Gasteiger partial charge in [0.2, 0.25) is 0 Å². The van der Waals surface area contributed by atoms with Gasteiger partial charge in [-0.3, -0.25) is 10.2 Å². The van der Waals surface area contributed by atoms with Crippen molar-refractivity contribution >= 4 is 16.7 Å². The fraction of sp³-hybridized carbons (Fsp3) is 0.167. The highest BCUT2D eigenvalue weighted by Crippen LogP contribution is 2.22. The number of hydrogen-bond donors (Lipinski definition) is 2. The molecule has 0 saturated heterocycles. The van der Waals surface area contributed by atoms with Gasteiger partial charge in [0, 0.05) is 18.5 Å². The molecule has 0 saturated carbocycles. The van der Waals surface area contributed by atoms with Gasteiger partial charge in [-0.15, -0.1) is 0 Å². The third kappa shape index (κ3) is 3.45. The number of aliphatic carboxylic acids is 1. The topological polar surface area (TPSA) is 79.0 Å². The summed E-state index contributed by atoms with van der Waals surface area (Å²) in [6, 6.07) is 17.8. The second-order valence-corrected chi connectivity index (χ2v) is 5.39. The first-order valence-electron chi connectivity index (χ1n) is 7.47. The van der Waals surface area contributed by atoms with Crippen LogP contribution in [0.4, 0.5) is 0 Å². The van der Waals surface area contributed by atoms with E-state index in [0.29, 0.717) is 13.0 Å². The van der Waals surface area contributed by atoms with E-state index in [-0.39, 0.29) is 11.9 Å². The first kappa shape index (κ1) is 15.0. The first-order chi connectivity index (χ1) is 11.1. The third-order valence-electron chi connectivity index (χ3n) is 3.71. The Kier molecular flexibility index (Phi) is 4.19. The lowest BCUT2D eigenvalue weighted by Crippen LogP contribution is -2.22. The summed E-state index contributed by atoms with van der Waals surface area (Å²) in [5.41, 5.74) is 2.04. The molecule has 0 aliphatic carbocycles. The predicted molar refractivity (Wildman–Crippen MR) is 87.9 cm³/mol. The highest BCUT2D eigenvalue weighted by molar-refractivity contribution is 5.86. The standard InChI is InChI=1S/C18H17N3O2/c19-17-10-9-16(20-21(17)11-3-6-18(22)23)15-8-7-13-4-1-2-5-14(13)12-15/h1-2,4-5,7-10,12,19H,3,6,11H2,(H,22,23). The van der Waals surface area contributed by atoms with Gasteiger partial charge in [-0.25, -0.2) is 4.68 Å². The molecule has 116 valence electrons. The Labute approximate surface area is 133 Å². The van der Waals surface area contributed by atoms with Crippen LogP contribution >= 0.6 is 0 Å². The number of benzene rings is 2. The summed E-state index contributed by atoms with van der Waals surface area (Å²) in [5.74, 6) is -0.831. The molecule has 0 aliphatic rings. The summed E-state index contributed by atoms with van der Waals surface area (Å²) in [4.78, 5) is 10.6. The van der Waals surface area contributed by atoms with Gasteiger partial charge in [0.25, 0.3) is 0 Å². The van der Waals surface area contributed by atoms with Crippen LogP contribution in [0.15, 0.2) is 54.6 Å². The van der Waals surface area contributed by atoms with E-state index in [1.54, 1.807) is 10.7 Å². The fourth-order valence-electron chi connectivity index (χ4n) is 2.51. The van der Waals surface area contributed by atoms with Crippen LogP contribution in [-0.4, -0.2) is 20.9 Å². The van der Waals surface area contributed by atoms with Crippen LogP contribution in [0.5, 0.6) is 0 Å². The largest absolute Gasteiger partial charge is 0.481 e. The lowest BCUT2D eigenvalue weighted by atomic mass is 10.1. The normalized spacial score (nSPS) is 10.8. The summed E-state index contributed by atoms with van der Waals surface area (Å²) < 4.78 is 1.55. The molecule has 0 spiro atoms. The van der Waals surface area contributed by atoms with Gasteiger partial charge in [-0.05, 0) is 35.4 Å². The summed E-state index contributed by atoms with van der Waals surface area (Å²) in [7, 11) is 0. The van der Waals surface area contributed by atoms with Crippen molar-refractivity contribution < 1.29 is 9.90 Å². The molecule has 0 bridgehead atoms. The number of nitrogens with zero attached hydrogens (tertiary/aromatic N) is 2. The maximum Gasteiger partial charge on any atom is 0.303 e. The van der Waals surface area contributed by atoms with Crippen molar-refractivity contribution in [1.29, 1.82) is 5.41 Å². The number of carboxylic acid groups (broad SMARTS) is 1. The van der Waals surface area contributed by atoms with Crippen molar-refractivity contribution in [2.45, 2.75) is 19.4 Å². The maximum atomic E-state index is 10.6. The average Bonchev–Trinajstić information content (AvgIpc) is 2.56. The number of fused-ring (bicyclic) bond motifs is 1. The van der Waals surface area contributed by atoms with E-state index in [2.05, 4.69) is 29.4 Å². The predicted octanol–water partition coefficient (Wildman–Crippen LogP) is 3.05. The molecule has 0 atom stereocenters. The summed E-state index contributed by atoms with van der Waals surface area (Å²) in [5, 5.41) is 23.4. The molecule has 2 aromatic carbocycles. The number of aryl methyl sites for hydroxylation is 1. The molecule has 0 aliphatic heterocycles. The molecule has 0 radical (unpaired) electrons. The Hall–Kier alpha value is -2.95. The van der Waals surface area contributed by atoms with Gasteiger partial charge in [0.1, 0.15) is 5.49 Å². The van der Waals surface area contributed by atoms with Gasteiger partial charge in [0.05, 0.1) is 5.69 Å². The third-order valence-corrected chi connectivity index (χ3v) is 3.71. The van der Waals surface area contributed by atoms with Gasteiger partial charge in [-0.1, -0.05) is 36.4 Å². The zero-order chi connectivity index (χ0) is 16.2. The second kappa shape index (κ2) is 6.44. The minimum Gasteiger partial charge on any atom is -0.481 e. The molecule has 2 N–H and O–H groups in total. The minimum atomic E-state index is -0.831. The molecule has 3 aromatic rings. The van der Waals surface area contributed by atoms with E-state index < -0.39 is 5.97 Å². The Morgan fingerprint density at radius 1 is 1.09 bits per heavy atom. The number of nitrogens with one attached hydrogen (secondary N) is 1. The molecule has 1 heterocycles. The molecule has 5 heteroatoms. The van der Waals surface area contributed by atoms with Crippen molar-refractivity contribution in [2.24, 2.45) is 0 Å². The van der Waals surface area contributed by atoms with Crippen LogP contribution in [-0.2, 0) is 11.3 Å². The number of aromatic nitrogens is 2. The van der Waals surface area contributed by atoms with Crippen LogP contribution in [0.2, 0.25) is 0 Å². The lowest BCUT2D eigenvalue weighted by molar-refractivity contribution is -0.137.